The molecule has 2 N–H and O–H groups in total. The Labute approximate surface area is 164 Å². The predicted octanol–water partition coefficient (Wildman–Crippen LogP) is 2.60. The van der Waals surface area contributed by atoms with E-state index in [1.165, 1.54) is 0 Å². The number of amides is 2. The van der Waals surface area contributed by atoms with Gasteiger partial charge in [0.15, 0.2) is 12.4 Å². The minimum Gasteiger partial charge on any atom is -0.457 e. The van der Waals surface area contributed by atoms with E-state index in [9.17, 15) is 19.2 Å². The van der Waals surface area contributed by atoms with Crippen LogP contribution in [0.2, 0.25) is 0 Å². The van der Waals surface area contributed by atoms with Crippen molar-refractivity contribution in [2.24, 2.45) is 0 Å². The van der Waals surface area contributed by atoms with E-state index in [0.29, 0.717) is 30.5 Å². The van der Waals surface area contributed by atoms with Crippen molar-refractivity contribution in [1.82, 2.24) is 5.32 Å². The van der Waals surface area contributed by atoms with E-state index in [1.54, 1.807) is 39.0 Å². The number of carbonyl (C=O) groups is 4. The zero-order valence-electron chi connectivity index (χ0n) is 16.4. The van der Waals surface area contributed by atoms with Gasteiger partial charge in [0, 0.05) is 30.6 Å². The van der Waals surface area contributed by atoms with Crippen LogP contribution in [0.1, 0.15) is 56.0 Å². The molecule has 0 aliphatic carbocycles. The van der Waals surface area contributed by atoms with Crippen molar-refractivity contribution in [3.05, 3.63) is 29.3 Å². The highest BCUT2D eigenvalue weighted by molar-refractivity contribution is 6.00. The first-order chi connectivity index (χ1) is 13.1. The number of Topliss-reactive ketones (excluding diaryl/α,β-unsaturated/α-hetero) is 1. The number of hydrogen-bond donors (Lipinski definition) is 2. The molecule has 2 amide bonds. The van der Waals surface area contributed by atoms with Crippen molar-refractivity contribution in [2.75, 3.05) is 18.5 Å². The third-order valence-corrected chi connectivity index (χ3v) is 3.91. The minimum absolute atomic E-state index is 0.0401. The van der Waals surface area contributed by atoms with Gasteiger partial charge in [0.05, 0.1) is 0 Å². The lowest BCUT2D eigenvalue weighted by atomic mass is 9.99. The highest BCUT2D eigenvalue weighted by Gasteiger charge is 2.18. The predicted molar refractivity (Wildman–Crippen MR) is 102 cm³/mol. The quantitative estimate of drug-likeness (QED) is 0.421. The zero-order chi connectivity index (χ0) is 20.7. The molecular formula is C20H26N2O6. The maximum absolute atomic E-state index is 12.2. The Morgan fingerprint density at radius 2 is 1.93 bits per heavy atom. The number of ether oxygens (including phenoxy) is 2. The van der Waals surface area contributed by atoms with E-state index in [0.717, 1.165) is 5.56 Å². The molecule has 0 radical (unpaired) electrons. The molecule has 152 valence electrons. The number of carbonyl (C=O) groups excluding carboxylic acids is 4. The van der Waals surface area contributed by atoms with E-state index in [2.05, 4.69) is 10.6 Å². The van der Waals surface area contributed by atoms with E-state index >= 15 is 0 Å². The van der Waals surface area contributed by atoms with Crippen LogP contribution >= 0.6 is 0 Å². The molecule has 0 bridgehead atoms. The normalized spacial score (nSPS) is 13.2. The molecule has 1 aliphatic heterocycles. The molecule has 0 saturated heterocycles. The van der Waals surface area contributed by atoms with Crippen LogP contribution in [-0.2, 0) is 25.5 Å². The van der Waals surface area contributed by atoms with Crippen molar-refractivity contribution in [3.63, 3.8) is 0 Å². The zero-order valence-corrected chi connectivity index (χ0v) is 16.4. The van der Waals surface area contributed by atoms with Crippen LogP contribution in [0.4, 0.5) is 10.5 Å². The molecule has 0 aromatic heterocycles. The summed E-state index contributed by atoms with van der Waals surface area (Å²) < 4.78 is 10.1. The van der Waals surface area contributed by atoms with Gasteiger partial charge >= 0.3 is 12.1 Å². The van der Waals surface area contributed by atoms with Gasteiger partial charge < -0.3 is 20.1 Å². The van der Waals surface area contributed by atoms with Gasteiger partial charge in [-0.1, -0.05) is 0 Å². The summed E-state index contributed by atoms with van der Waals surface area (Å²) in [5.74, 6) is -0.855. The highest BCUT2D eigenvalue weighted by Crippen LogP contribution is 2.23. The summed E-state index contributed by atoms with van der Waals surface area (Å²) in [7, 11) is 0. The molecule has 8 heteroatoms. The number of anilines is 1. The largest absolute Gasteiger partial charge is 0.457 e. The molecule has 0 unspecified atom stereocenters. The summed E-state index contributed by atoms with van der Waals surface area (Å²) in [5, 5.41) is 5.30. The minimum atomic E-state index is -0.578. The maximum Gasteiger partial charge on any atom is 0.407 e. The van der Waals surface area contributed by atoms with Crippen molar-refractivity contribution >= 4 is 29.4 Å². The summed E-state index contributed by atoms with van der Waals surface area (Å²) >= 11 is 0. The molecule has 0 atom stereocenters. The number of fused-ring (bicyclic) bond motifs is 1. The van der Waals surface area contributed by atoms with E-state index in [4.69, 9.17) is 9.47 Å². The first kappa shape index (κ1) is 21.4. The highest BCUT2D eigenvalue weighted by atomic mass is 16.6. The van der Waals surface area contributed by atoms with Gasteiger partial charge in [-0.2, -0.15) is 0 Å². The lowest BCUT2D eigenvalue weighted by molar-refractivity contribution is -0.142. The van der Waals surface area contributed by atoms with Gasteiger partial charge in [0.1, 0.15) is 5.60 Å². The summed E-state index contributed by atoms with van der Waals surface area (Å²) in [6, 6.07) is 5.00. The van der Waals surface area contributed by atoms with Gasteiger partial charge in [-0.3, -0.25) is 14.4 Å². The SMILES string of the molecule is CC(C)(C)OC(=O)NCCCC(=O)OCC(=O)c1ccc2c(c1)CCC(=O)N2. The Bertz CT molecular complexity index is 766. The second kappa shape index (κ2) is 9.34. The average Bonchev–Trinajstić information content (AvgIpc) is 2.61. The van der Waals surface area contributed by atoms with Crippen molar-refractivity contribution in [2.45, 2.75) is 52.1 Å². The number of hydrogen-bond acceptors (Lipinski definition) is 6. The van der Waals surface area contributed by atoms with Crippen molar-refractivity contribution in [1.29, 1.82) is 0 Å². The van der Waals surface area contributed by atoms with Crippen LogP contribution in [0, 0.1) is 0 Å². The topological polar surface area (TPSA) is 111 Å². The fourth-order valence-electron chi connectivity index (χ4n) is 2.60. The Morgan fingerprint density at radius 1 is 1.18 bits per heavy atom. The van der Waals surface area contributed by atoms with E-state index in [1.807, 2.05) is 0 Å². The van der Waals surface area contributed by atoms with Crippen LogP contribution < -0.4 is 10.6 Å². The summed E-state index contributed by atoms with van der Waals surface area (Å²) in [4.78, 5) is 46.8. The molecular weight excluding hydrogens is 364 g/mol. The third-order valence-electron chi connectivity index (χ3n) is 3.91. The molecule has 0 fully saturated rings. The van der Waals surface area contributed by atoms with Crippen molar-refractivity contribution in [3.8, 4) is 0 Å². The fraction of sp³-hybridized carbons (Fsp3) is 0.500. The lowest BCUT2D eigenvalue weighted by Gasteiger charge is -2.19. The van der Waals surface area contributed by atoms with Crippen LogP contribution in [0.5, 0.6) is 0 Å². The second-order valence-corrected chi connectivity index (χ2v) is 7.54. The number of alkyl carbamates (subject to hydrolysis) is 1. The number of nitrogens with one attached hydrogen (secondary N) is 2. The number of rotatable bonds is 7. The molecule has 28 heavy (non-hydrogen) atoms. The Morgan fingerprint density at radius 3 is 2.64 bits per heavy atom. The molecule has 8 nitrogen and oxygen atoms in total. The fourth-order valence-corrected chi connectivity index (χ4v) is 2.60. The molecule has 1 aromatic rings. The summed E-state index contributed by atoms with van der Waals surface area (Å²) in [6.45, 7) is 5.22. The summed E-state index contributed by atoms with van der Waals surface area (Å²) in [6.07, 6.45) is 0.882. The molecule has 0 spiro atoms. The second-order valence-electron chi connectivity index (χ2n) is 7.54. The number of esters is 1. The Hall–Kier alpha value is -2.90. The molecule has 1 heterocycles. The van der Waals surface area contributed by atoms with Crippen LogP contribution in [0.15, 0.2) is 18.2 Å². The average molecular weight is 390 g/mol. The third kappa shape index (κ3) is 7.02. The van der Waals surface area contributed by atoms with Gasteiger partial charge in [-0.05, 0) is 57.4 Å². The van der Waals surface area contributed by atoms with E-state index < -0.39 is 17.7 Å². The van der Waals surface area contributed by atoms with Crippen LogP contribution in [0.25, 0.3) is 0 Å². The first-order valence-corrected chi connectivity index (χ1v) is 9.22. The molecule has 2 rings (SSSR count). The van der Waals surface area contributed by atoms with Crippen LogP contribution in [0.3, 0.4) is 0 Å². The van der Waals surface area contributed by atoms with Crippen molar-refractivity contribution < 1.29 is 28.7 Å². The standard InChI is InChI=1S/C20H26N2O6/c1-20(2,3)28-19(26)21-10-4-5-18(25)27-12-16(23)14-6-8-15-13(11-14)7-9-17(24)22-15/h6,8,11H,4-5,7,9-10,12H2,1-3H3,(H,21,26)(H,22,24). The summed E-state index contributed by atoms with van der Waals surface area (Å²) in [5.41, 5.74) is 1.47. The maximum atomic E-state index is 12.2. The number of aryl methyl sites for hydroxylation is 1. The van der Waals surface area contributed by atoms with Gasteiger partial charge in [-0.15, -0.1) is 0 Å². The van der Waals surface area contributed by atoms with Gasteiger partial charge in [0.25, 0.3) is 0 Å². The van der Waals surface area contributed by atoms with Gasteiger partial charge in [-0.25, -0.2) is 4.79 Å². The number of ketones is 1. The monoisotopic (exact) mass is 390 g/mol. The first-order valence-electron chi connectivity index (χ1n) is 9.22. The Kier molecular flexibility index (Phi) is 7.14. The smallest absolute Gasteiger partial charge is 0.407 e. The molecule has 1 aromatic carbocycles. The van der Waals surface area contributed by atoms with E-state index in [-0.39, 0.29) is 31.3 Å². The lowest BCUT2D eigenvalue weighted by Crippen LogP contribution is -2.33. The van der Waals surface area contributed by atoms with Crippen LogP contribution in [-0.4, -0.2) is 42.5 Å². The number of benzene rings is 1. The Balaban J connectivity index is 1.69. The molecule has 1 aliphatic rings. The molecule has 0 saturated carbocycles. The van der Waals surface area contributed by atoms with Gasteiger partial charge in [0.2, 0.25) is 5.91 Å².